The van der Waals surface area contributed by atoms with E-state index in [1.807, 2.05) is 28.8 Å². The number of carbonyl (C=O) groups excluding carboxylic acids is 2. The van der Waals surface area contributed by atoms with Gasteiger partial charge in [0.2, 0.25) is 10.0 Å². The van der Waals surface area contributed by atoms with Gasteiger partial charge < -0.3 is 30.2 Å². The highest BCUT2D eigenvalue weighted by atomic mass is 32.2. The number of hydrogen-bond acceptors (Lipinski definition) is 9. The van der Waals surface area contributed by atoms with Crippen molar-refractivity contribution in [2.24, 2.45) is 24.1 Å². The summed E-state index contributed by atoms with van der Waals surface area (Å²) < 4.78 is 63.4. The SMILES string of the molecule is CC(C)[C@@H](N)C(=O)OCCS(=O)(=O)Nc1ccc(C(=O)Nc2cc3ccn(C)c3c(N3CCC(F)(F)CC3)n2)c(N2CCC3(CC2)CC3)c1. The van der Waals surface area contributed by atoms with Crippen molar-refractivity contribution in [1.29, 1.82) is 0 Å². The average Bonchev–Trinajstić information content (AvgIpc) is 3.70. The predicted molar refractivity (Wildman–Crippen MR) is 186 cm³/mol. The molecule has 3 aromatic rings. The molecular weight excluding hydrogens is 656 g/mol. The fourth-order valence-electron chi connectivity index (χ4n) is 6.61. The molecule has 0 unspecified atom stereocenters. The molecule has 1 amide bonds. The van der Waals surface area contributed by atoms with Crippen LogP contribution in [0.25, 0.3) is 10.9 Å². The molecule has 4 N–H and O–H groups in total. The number of benzene rings is 1. The lowest BCUT2D eigenvalue weighted by atomic mass is 9.93. The van der Waals surface area contributed by atoms with Gasteiger partial charge in [-0.1, -0.05) is 13.8 Å². The van der Waals surface area contributed by atoms with Crippen LogP contribution in [0.3, 0.4) is 0 Å². The molecule has 1 atom stereocenters. The van der Waals surface area contributed by atoms with Gasteiger partial charge in [-0.3, -0.25) is 14.3 Å². The highest BCUT2D eigenvalue weighted by Crippen LogP contribution is 2.54. The maximum Gasteiger partial charge on any atom is 0.323 e. The maximum absolute atomic E-state index is 14.0. The van der Waals surface area contributed by atoms with E-state index in [0.29, 0.717) is 22.5 Å². The van der Waals surface area contributed by atoms with Crippen molar-refractivity contribution in [3.8, 4) is 0 Å². The van der Waals surface area contributed by atoms with Gasteiger partial charge in [-0.2, -0.15) is 0 Å². The summed E-state index contributed by atoms with van der Waals surface area (Å²) in [5.41, 5.74) is 8.17. The first kappa shape index (κ1) is 34.9. The quantitative estimate of drug-likeness (QED) is 0.242. The molecule has 1 aliphatic carbocycles. The first-order valence-corrected chi connectivity index (χ1v) is 18.5. The number of halogens is 2. The number of fused-ring (bicyclic) bond motifs is 1. The highest BCUT2D eigenvalue weighted by Gasteiger charge is 2.44. The molecule has 15 heteroatoms. The molecule has 2 aliphatic heterocycles. The molecule has 49 heavy (non-hydrogen) atoms. The second-order valence-electron chi connectivity index (χ2n) is 14.1. The Morgan fingerprint density at radius 3 is 2.33 bits per heavy atom. The van der Waals surface area contributed by atoms with E-state index in [2.05, 4.69) is 14.9 Å². The van der Waals surface area contributed by atoms with E-state index < -0.39 is 39.6 Å². The van der Waals surface area contributed by atoms with Crippen LogP contribution in [0, 0.1) is 11.3 Å². The second kappa shape index (κ2) is 13.4. The average molecular weight is 702 g/mol. The minimum absolute atomic E-state index is 0.142. The summed E-state index contributed by atoms with van der Waals surface area (Å²) in [5.74, 6) is -3.59. The van der Waals surface area contributed by atoms with Crippen LogP contribution in [0.15, 0.2) is 36.5 Å². The number of alkyl halides is 2. The van der Waals surface area contributed by atoms with E-state index in [1.165, 1.54) is 18.9 Å². The van der Waals surface area contributed by atoms with Crippen LogP contribution in [-0.2, 0) is 26.6 Å². The van der Waals surface area contributed by atoms with Gasteiger partial charge in [0.1, 0.15) is 24.2 Å². The third-order valence-corrected chi connectivity index (χ3v) is 11.3. The van der Waals surface area contributed by atoms with E-state index in [-0.39, 0.29) is 50.0 Å². The van der Waals surface area contributed by atoms with E-state index >= 15 is 0 Å². The smallest absolute Gasteiger partial charge is 0.323 e. The van der Waals surface area contributed by atoms with Crippen molar-refractivity contribution < 1.29 is 31.5 Å². The summed E-state index contributed by atoms with van der Waals surface area (Å²) in [6, 6.07) is 7.57. The van der Waals surface area contributed by atoms with Crippen LogP contribution in [0.5, 0.6) is 0 Å². The summed E-state index contributed by atoms with van der Waals surface area (Å²) in [5, 5.41) is 3.74. The predicted octanol–water partition coefficient (Wildman–Crippen LogP) is 4.71. The van der Waals surface area contributed by atoms with Gasteiger partial charge in [0.15, 0.2) is 5.82 Å². The Morgan fingerprint density at radius 1 is 1.00 bits per heavy atom. The van der Waals surface area contributed by atoms with Crippen molar-refractivity contribution in [2.45, 2.75) is 64.3 Å². The summed E-state index contributed by atoms with van der Waals surface area (Å²) in [6.07, 6.45) is 5.69. The number of nitrogens with two attached hydrogens (primary N) is 1. The number of esters is 1. The zero-order valence-electron chi connectivity index (χ0n) is 28.2. The Hall–Kier alpha value is -3.98. The van der Waals surface area contributed by atoms with Gasteiger partial charge in [-0.25, -0.2) is 22.2 Å². The summed E-state index contributed by atoms with van der Waals surface area (Å²) >= 11 is 0. The van der Waals surface area contributed by atoms with E-state index in [9.17, 15) is 26.8 Å². The number of nitrogens with one attached hydrogen (secondary N) is 2. The number of carbonyl (C=O) groups is 2. The molecule has 266 valence electrons. The standard InChI is InChI=1S/C34H45F2N7O5S/c1-22(2)28(37)32(45)48-18-19-49(46,47)40-24-4-5-25(26(21-24)42-14-9-33(7-8-33)10-15-42)31(44)39-27-20-23-6-13-41(3)29(23)30(38-27)43-16-11-34(35,36)12-17-43/h4-6,13,20-22,28,40H,7-12,14-19,37H2,1-3H3,(H,38,39,44)/t28-/m1/s1. The molecule has 0 radical (unpaired) electrons. The highest BCUT2D eigenvalue weighted by molar-refractivity contribution is 7.92. The largest absolute Gasteiger partial charge is 0.463 e. The number of piperidine rings is 2. The molecule has 3 aliphatic rings. The summed E-state index contributed by atoms with van der Waals surface area (Å²) in [6.45, 7) is 4.93. The normalized spacial score (nSPS) is 19.2. The number of sulfonamides is 1. The number of nitrogens with zero attached hydrogens (tertiary/aromatic N) is 4. The fraction of sp³-hybridized carbons (Fsp3) is 0.559. The van der Waals surface area contributed by atoms with Crippen molar-refractivity contribution in [1.82, 2.24) is 9.55 Å². The number of amides is 1. The Bertz CT molecular complexity index is 1820. The molecule has 2 aromatic heterocycles. The van der Waals surface area contributed by atoms with Gasteiger partial charge in [-0.15, -0.1) is 0 Å². The molecule has 3 fully saturated rings. The van der Waals surface area contributed by atoms with Crippen molar-refractivity contribution >= 4 is 55.8 Å². The molecule has 12 nitrogen and oxygen atoms in total. The first-order chi connectivity index (χ1) is 23.1. The van der Waals surface area contributed by atoms with Crippen LogP contribution in [-0.4, -0.2) is 80.3 Å². The van der Waals surface area contributed by atoms with Gasteiger partial charge in [0.05, 0.1) is 22.5 Å². The summed E-state index contributed by atoms with van der Waals surface area (Å²) in [7, 11) is -2.04. The lowest BCUT2D eigenvalue weighted by Crippen LogP contribution is -2.40. The lowest BCUT2D eigenvalue weighted by Gasteiger charge is -2.35. The number of ether oxygens (including phenoxy) is 1. The van der Waals surface area contributed by atoms with Gasteiger partial charge in [-0.05, 0) is 67.3 Å². The number of aromatic nitrogens is 2. The van der Waals surface area contributed by atoms with Gasteiger partial charge >= 0.3 is 5.97 Å². The third-order valence-electron chi connectivity index (χ3n) is 10.1. The number of anilines is 4. The number of pyridine rings is 1. The van der Waals surface area contributed by atoms with Crippen LogP contribution < -0.4 is 25.6 Å². The van der Waals surface area contributed by atoms with Crippen LogP contribution in [0.4, 0.5) is 31.8 Å². The second-order valence-corrected chi connectivity index (χ2v) is 15.9. The number of aryl methyl sites for hydroxylation is 1. The molecule has 4 heterocycles. The lowest BCUT2D eigenvalue weighted by molar-refractivity contribution is -0.145. The maximum atomic E-state index is 14.0. The summed E-state index contributed by atoms with van der Waals surface area (Å²) in [4.78, 5) is 34.7. The molecule has 1 aromatic carbocycles. The zero-order valence-corrected chi connectivity index (χ0v) is 29.0. The topological polar surface area (TPSA) is 152 Å². The first-order valence-electron chi connectivity index (χ1n) is 16.9. The monoisotopic (exact) mass is 701 g/mol. The molecule has 0 bridgehead atoms. The molecule has 2 saturated heterocycles. The van der Waals surface area contributed by atoms with E-state index in [0.717, 1.165) is 36.8 Å². The van der Waals surface area contributed by atoms with Crippen LogP contribution in [0.1, 0.15) is 62.7 Å². The molecular formula is C34H45F2N7O5S. The zero-order chi connectivity index (χ0) is 35.1. The van der Waals surface area contributed by atoms with E-state index in [4.69, 9.17) is 15.5 Å². The fourth-order valence-corrected chi connectivity index (χ4v) is 7.50. The Balaban J connectivity index is 1.23. The molecule has 1 spiro atoms. The van der Waals surface area contributed by atoms with Crippen molar-refractivity contribution in [3.05, 3.63) is 42.1 Å². The van der Waals surface area contributed by atoms with E-state index in [1.54, 1.807) is 32.0 Å². The van der Waals surface area contributed by atoms with Gasteiger partial charge in [0.25, 0.3) is 11.8 Å². The van der Waals surface area contributed by atoms with Crippen LogP contribution >= 0.6 is 0 Å². The van der Waals surface area contributed by atoms with Crippen molar-refractivity contribution in [3.63, 3.8) is 0 Å². The Morgan fingerprint density at radius 2 is 1.67 bits per heavy atom. The van der Waals surface area contributed by atoms with Crippen molar-refractivity contribution in [2.75, 3.05) is 58.4 Å². The Kier molecular flexibility index (Phi) is 9.52. The molecule has 6 rings (SSSR count). The minimum Gasteiger partial charge on any atom is -0.463 e. The number of hydrogen-bond donors (Lipinski definition) is 3. The Labute approximate surface area is 285 Å². The third kappa shape index (κ3) is 7.93. The number of rotatable bonds is 11. The van der Waals surface area contributed by atoms with Gasteiger partial charge in [0, 0.05) is 57.7 Å². The minimum atomic E-state index is -3.91. The molecule has 1 saturated carbocycles. The van der Waals surface area contributed by atoms with Crippen LogP contribution in [0.2, 0.25) is 0 Å².